The molecule has 33 heavy (non-hydrogen) atoms. The third-order valence-corrected chi connectivity index (χ3v) is 6.28. The van der Waals surface area contributed by atoms with Gasteiger partial charge in [-0.2, -0.15) is 5.10 Å². The maximum atomic E-state index is 13.7. The zero-order valence-electron chi connectivity index (χ0n) is 19.0. The highest BCUT2D eigenvalue weighted by Crippen LogP contribution is 2.26. The van der Waals surface area contributed by atoms with Gasteiger partial charge in [-0.15, -0.1) is 0 Å². The van der Waals surface area contributed by atoms with E-state index in [9.17, 15) is 4.79 Å². The number of carbonyl (C=O) groups excluding carboxylic acids is 1. The average Bonchev–Trinajstić information content (AvgIpc) is 3.25. The van der Waals surface area contributed by atoms with Gasteiger partial charge in [-0.05, 0) is 52.8 Å². The second-order valence-electron chi connectivity index (χ2n) is 9.34. The molecule has 1 amide bonds. The first kappa shape index (κ1) is 23.3. The van der Waals surface area contributed by atoms with Gasteiger partial charge in [-0.25, -0.2) is 0 Å². The highest BCUT2D eigenvalue weighted by molar-refractivity contribution is 6.32. The fraction of sp³-hybridized carbons (Fsp3) is 0.259. The number of H-pyrrole nitrogens is 1. The second kappa shape index (κ2) is 9.58. The van der Waals surface area contributed by atoms with Crippen LogP contribution in [0, 0.1) is 0 Å². The van der Waals surface area contributed by atoms with Gasteiger partial charge >= 0.3 is 0 Å². The predicted molar refractivity (Wildman–Crippen MR) is 136 cm³/mol. The summed E-state index contributed by atoms with van der Waals surface area (Å²) < 4.78 is 0. The molecular weight excluding hydrogens is 453 g/mol. The van der Waals surface area contributed by atoms with Crippen molar-refractivity contribution in [3.63, 3.8) is 0 Å². The Labute approximate surface area is 204 Å². The molecule has 6 heteroatoms. The Balaban J connectivity index is 1.63. The smallest absolute Gasteiger partial charge is 0.256 e. The minimum Gasteiger partial charge on any atom is -0.334 e. The maximum absolute atomic E-state index is 13.7. The van der Waals surface area contributed by atoms with Gasteiger partial charge in [0.1, 0.15) is 0 Å². The molecule has 0 radical (unpaired) electrons. The zero-order valence-corrected chi connectivity index (χ0v) is 20.5. The Bertz CT molecular complexity index is 1260. The summed E-state index contributed by atoms with van der Waals surface area (Å²) in [7, 11) is 0. The molecule has 1 aromatic heterocycles. The van der Waals surface area contributed by atoms with Crippen molar-refractivity contribution in [1.29, 1.82) is 0 Å². The molecule has 0 spiro atoms. The Kier molecular flexibility index (Phi) is 6.78. The summed E-state index contributed by atoms with van der Waals surface area (Å²) in [6, 6.07) is 19.7. The summed E-state index contributed by atoms with van der Waals surface area (Å²) in [6.45, 7) is 7.64. The van der Waals surface area contributed by atoms with Crippen molar-refractivity contribution in [2.75, 3.05) is 6.54 Å². The van der Waals surface area contributed by atoms with E-state index in [0.717, 1.165) is 22.9 Å². The SMILES string of the molecule is CC(C)(C)c1ccc(CN(CCc2ccc(Cl)cc2)C(=O)c2cc(Cl)cc3cn[nH]c23)cc1. The maximum Gasteiger partial charge on any atom is 0.256 e. The first-order valence-corrected chi connectivity index (χ1v) is 11.7. The van der Waals surface area contributed by atoms with Gasteiger partial charge in [0, 0.05) is 28.5 Å². The summed E-state index contributed by atoms with van der Waals surface area (Å²) in [5, 5.41) is 9.08. The average molecular weight is 480 g/mol. The van der Waals surface area contributed by atoms with Crippen molar-refractivity contribution in [2.24, 2.45) is 0 Å². The van der Waals surface area contributed by atoms with Crippen molar-refractivity contribution in [3.8, 4) is 0 Å². The molecule has 4 nitrogen and oxygen atoms in total. The third kappa shape index (κ3) is 5.58. The summed E-state index contributed by atoms with van der Waals surface area (Å²) >= 11 is 12.3. The first-order valence-electron chi connectivity index (χ1n) is 11.0. The topological polar surface area (TPSA) is 49.0 Å². The second-order valence-corrected chi connectivity index (χ2v) is 10.2. The Morgan fingerprint density at radius 2 is 1.61 bits per heavy atom. The van der Waals surface area contributed by atoms with Crippen LogP contribution in [-0.4, -0.2) is 27.5 Å². The summed E-state index contributed by atoms with van der Waals surface area (Å²) in [5.41, 5.74) is 4.77. The quantitative estimate of drug-likeness (QED) is 0.321. The summed E-state index contributed by atoms with van der Waals surface area (Å²) in [5.74, 6) is -0.0828. The van der Waals surface area contributed by atoms with E-state index in [1.807, 2.05) is 29.2 Å². The lowest BCUT2D eigenvalue weighted by molar-refractivity contribution is 0.0747. The van der Waals surface area contributed by atoms with Gasteiger partial charge in [-0.3, -0.25) is 9.89 Å². The van der Waals surface area contributed by atoms with Gasteiger partial charge in [0.25, 0.3) is 5.91 Å². The largest absolute Gasteiger partial charge is 0.334 e. The summed E-state index contributed by atoms with van der Waals surface area (Å²) in [4.78, 5) is 15.6. The highest BCUT2D eigenvalue weighted by atomic mass is 35.5. The minimum absolute atomic E-state index is 0.0790. The molecule has 1 N–H and O–H groups in total. The van der Waals surface area contributed by atoms with Crippen LogP contribution < -0.4 is 0 Å². The molecule has 0 saturated heterocycles. The van der Waals surface area contributed by atoms with E-state index in [-0.39, 0.29) is 11.3 Å². The molecular formula is C27H27Cl2N3O. The van der Waals surface area contributed by atoms with Crippen LogP contribution in [0.1, 0.15) is 47.8 Å². The van der Waals surface area contributed by atoms with Gasteiger partial charge in [0.2, 0.25) is 0 Å². The standard InChI is InChI=1S/C27H27Cl2N3O/c1-27(2,3)21-8-4-19(5-9-21)17-32(13-12-18-6-10-22(28)11-7-18)26(33)24-15-23(29)14-20-16-30-31-25(20)24/h4-11,14-16H,12-13,17H2,1-3H3,(H,30,31). The lowest BCUT2D eigenvalue weighted by Crippen LogP contribution is -2.32. The first-order chi connectivity index (χ1) is 15.7. The molecule has 0 atom stereocenters. The lowest BCUT2D eigenvalue weighted by Gasteiger charge is -2.24. The number of carbonyl (C=O) groups is 1. The molecule has 0 bridgehead atoms. The van der Waals surface area contributed by atoms with Crippen LogP contribution >= 0.6 is 23.2 Å². The van der Waals surface area contributed by atoms with E-state index in [1.54, 1.807) is 18.3 Å². The molecule has 0 fully saturated rings. The number of amides is 1. The van der Waals surface area contributed by atoms with Gasteiger partial charge in [0.05, 0.1) is 17.3 Å². The molecule has 0 aliphatic heterocycles. The molecule has 4 aromatic rings. The van der Waals surface area contributed by atoms with E-state index in [0.29, 0.717) is 34.2 Å². The van der Waals surface area contributed by atoms with Crippen molar-refractivity contribution in [2.45, 2.75) is 39.2 Å². The molecule has 3 aromatic carbocycles. The van der Waals surface area contributed by atoms with Crippen LogP contribution in [0.3, 0.4) is 0 Å². The highest BCUT2D eigenvalue weighted by Gasteiger charge is 2.21. The molecule has 0 aliphatic carbocycles. The van der Waals surface area contributed by atoms with Gasteiger partial charge < -0.3 is 4.90 Å². The fourth-order valence-corrected chi connectivity index (χ4v) is 4.21. The van der Waals surface area contributed by atoms with Crippen LogP contribution in [0.5, 0.6) is 0 Å². The van der Waals surface area contributed by atoms with E-state index in [1.165, 1.54) is 5.56 Å². The minimum atomic E-state index is -0.0828. The Morgan fingerprint density at radius 1 is 0.939 bits per heavy atom. The number of aromatic nitrogens is 2. The number of nitrogens with one attached hydrogen (secondary N) is 1. The van der Waals surface area contributed by atoms with Crippen LogP contribution in [0.15, 0.2) is 66.9 Å². The number of hydrogen-bond acceptors (Lipinski definition) is 2. The molecule has 170 valence electrons. The van der Waals surface area contributed by atoms with Crippen molar-refractivity contribution in [1.82, 2.24) is 15.1 Å². The van der Waals surface area contributed by atoms with Crippen molar-refractivity contribution < 1.29 is 4.79 Å². The normalized spacial score (nSPS) is 11.7. The number of benzene rings is 3. The van der Waals surface area contributed by atoms with E-state index >= 15 is 0 Å². The van der Waals surface area contributed by atoms with E-state index in [4.69, 9.17) is 23.2 Å². The van der Waals surface area contributed by atoms with Gasteiger partial charge in [0.15, 0.2) is 0 Å². The monoisotopic (exact) mass is 479 g/mol. The van der Waals surface area contributed by atoms with Crippen molar-refractivity contribution >= 4 is 40.0 Å². The van der Waals surface area contributed by atoms with Crippen LogP contribution in [0.2, 0.25) is 10.0 Å². The Morgan fingerprint density at radius 3 is 2.27 bits per heavy atom. The van der Waals surface area contributed by atoms with Crippen LogP contribution in [0.25, 0.3) is 10.9 Å². The number of nitrogens with zero attached hydrogens (tertiary/aromatic N) is 2. The predicted octanol–water partition coefficient (Wildman–Crippen LogP) is 7.05. The van der Waals surface area contributed by atoms with E-state index < -0.39 is 0 Å². The number of rotatable bonds is 6. The van der Waals surface area contributed by atoms with Crippen LogP contribution in [0.4, 0.5) is 0 Å². The zero-order chi connectivity index (χ0) is 23.6. The number of halogens is 2. The van der Waals surface area contributed by atoms with Crippen LogP contribution in [-0.2, 0) is 18.4 Å². The summed E-state index contributed by atoms with van der Waals surface area (Å²) in [6.07, 6.45) is 2.40. The molecule has 4 rings (SSSR count). The lowest BCUT2D eigenvalue weighted by atomic mass is 9.87. The fourth-order valence-electron chi connectivity index (χ4n) is 3.86. The van der Waals surface area contributed by atoms with Gasteiger partial charge in [-0.1, -0.05) is 80.4 Å². The number of aromatic amines is 1. The van der Waals surface area contributed by atoms with Crippen molar-refractivity contribution in [3.05, 3.63) is 99.2 Å². The molecule has 0 unspecified atom stereocenters. The third-order valence-electron chi connectivity index (χ3n) is 5.81. The Hall–Kier alpha value is -2.82. The number of fused-ring (bicyclic) bond motifs is 1. The molecule has 1 heterocycles. The number of hydrogen-bond donors (Lipinski definition) is 1. The molecule has 0 saturated carbocycles. The van der Waals surface area contributed by atoms with E-state index in [2.05, 4.69) is 55.2 Å². The molecule has 0 aliphatic rings.